The van der Waals surface area contributed by atoms with Gasteiger partial charge in [-0.25, -0.2) is 0 Å². The van der Waals surface area contributed by atoms with E-state index in [1.165, 1.54) is 48.0 Å². The summed E-state index contributed by atoms with van der Waals surface area (Å²) >= 11 is 1.78. The van der Waals surface area contributed by atoms with Crippen molar-refractivity contribution in [1.82, 2.24) is 14.7 Å². The monoisotopic (exact) mass is 385 g/mol. The van der Waals surface area contributed by atoms with Crippen molar-refractivity contribution in [3.63, 3.8) is 0 Å². The van der Waals surface area contributed by atoms with Crippen molar-refractivity contribution < 1.29 is 4.79 Å². The fraction of sp³-hybridized carbons (Fsp3) is 0.591. The average Bonchev–Trinajstić information content (AvgIpc) is 3.10. The second-order valence-corrected chi connectivity index (χ2v) is 9.14. The zero-order valence-electron chi connectivity index (χ0n) is 16.6. The summed E-state index contributed by atoms with van der Waals surface area (Å²) in [7, 11) is 0. The molecule has 27 heavy (non-hydrogen) atoms. The van der Waals surface area contributed by atoms with Gasteiger partial charge in [-0.3, -0.25) is 14.6 Å². The summed E-state index contributed by atoms with van der Waals surface area (Å²) in [5, 5.41) is 3.61. The normalized spacial score (nSPS) is 19.9. The van der Waals surface area contributed by atoms with Crippen molar-refractivity contribution in [2.24, 2.45) is 0 Å². The Labute approximate surface area is 166 Å². The third-order valence-electron chi connectivity index (χ3n) is 6.08. The number of thiophene rings is 1. The Hall–Kier alpha value is -1.43. The van der Waals surface area contributed by atoms with Crippen LogP contribution in [0.4, 0.5) is 0 Å². The number of hydrogen-bond donors (Lipinski definition) is 0. The van der Waals surface area contributed by atoms with Gasteiger partial charge in [-0.2, -0.15) is 0 Å². The van der Waals surface area contributed by atoms with Crippen LogP contribution in [-0.2, 0) is 6.54 Å². The molecule has 1 aromatic carbocycles. The predicted molar refractivity (Wildman–Crippen MR) is 114 cm³/mol. The van der Waals surface area contributed by atoms with Gasteiger partial charge in [0.15, 0.2) is 0 Å². The van der Waals surface area contributed by atoms with E-state index in [2.05, 4.69) is 41.2 Å². The van der Waals surface area contributed by atoms with E-state index >= 15 is 0 Å². The summed E-state index contributed by atoms with van der Waals surface area (Å²) in [6.45, 7) is 11.6. The molecule has 1 aromatic heterocycles. The highest BCUT2D eigenvalue weighted by Crippen LogP contribution is 2.29. The first-order valence-corrected chi connectivity index (χ1v) is 11.3. The summed E-state index contributed by atoms with van der Waals surface area (Å²) in [6.07, 6.45) is 4.02. The van der Waals surface area contributed by atoms with Crippen molar-refractivity contribution >= 4 is 27.3 Å². The molecule has 0 atom stereocenters. The van der Waals surface area contributed by atoms with Crippen molar-refractivity contribution in [3.8, 4) is 0 Å². The van der Waals surface area contributed by atoms with E-state index < -0.39 is 0 Å². The number of amides is 1. The van der Waals surface area contributed by atoms with Crippen LogP contribution < -0.4 is 0 Å². The minimum Gasteiger partial charge on any atom is -0.336 e. The topological polar surface area (TPSA) is 26.8 Å². The first-order chi connectivity index (χ1) is 13.1. The lowest BCUT2D eigenvalue weighted by atomic mass is 10.1. The van der Waals surface area contributed by atoms with Crippen LogP contribution in [0.25, 0.3) is 10.1 Å². The molecular weight excluding hydrogens is 354 g/mol. The number of benzene rings is 1. The molecule has 2 saturated heterocycles. The van der Waals surface area contributed by atoms with Gasteiger partial charge >= 0.3 is 0 Å². The highest BCUT2D eigenvalue weighted by molar-refractivity contribution is 7.17. The summed E-state index contributed by atoms with van der Waals surface area (Å²) in [4.78, 5) is 20.0. The van der Waals surface area contributed by atoms with E-state index in [0.717, 1.165) is 38.3 Å². The molecule has 0 aliphatic carbocycles. The number of fused-ring (bicyclic) bond motifs is 1. The van der Waals surface area contributed by atoms with E-state index in [-0.39, 0.29) is 5.91 Å². The van der Waals surface area contributed by atoms with Crippen LogP contribution in [0.5, 0.6) is 0 Å². The third-order valence-corrected chi connectivity index (χ3v) is 7.07. The second kappa shape index (κ2) is 8.29. The molecule has 5 heteroatoms. The Kier molecular flexibility index (Phi) is 5.81. The number of carbonyl (C=O) groups excluding carboxylic acids is 1. The van der Waals surface area contributed by atoms with Crippen LogP contribution >= 0.6 is 11.3 Å². The number of nitrogens with zero attached hydrogens (tertiary/aromatic N) is 3. The molecule has 2 aliphatic heterocycles. The van der Waals surface area contributed by atoms with E-state index in [4.69, 9.17) is 0 Å². The number of carbonyl (C=O) groups is 1. The Bertz CT molecular complexity index is 786. The van der Waals surface area contributed by atoms with Gasteiger partial charge in [-0.05, 0) is 68.2 Å². The average molecular weight is 386 g/mol. The van der Waals surface area contributed by atoms with Gasteiger partial charge in [-0.1, -0.05) is 12.5 Å². The fourth-order valence-corrected chi connectivity index (χ4v) is 5.31. The van der Waals surface area contributed by atoms with Gasteiger partial charge in [0.2, 0.25) is 0 Å². The van der Waals surface area contributed by atoms with Crippen molar-refractivity contribution in [3.05, 3.63) is 34.7 Å². The second-order valence-electron chi connectivity index (χ2n) is 8.23. The molecule has 146 valence electrons. The van der Waals surface area contributed by atoms with Gasteiger partial charge in [0.05, 0.1) is 0 Å². The predicted octanol–water partition coefficient (Wildman–Crippen LogP) is 4.05. The van der Waals surface area contributed by atoms with Crippen LogP contribution in [-0.4, -0.2) is 65.9 Å². The number of rotatable bonds is 4. The number of piperidine rings is 1. The zero-order chi connectivity index (χ0) is 18.8. The maximum Gasteiger partial charge on any atom is 0.253 e. The van der Waals surface area contributed by atoms with Crippen molar-refractivity contribution in [1.29, 1.82) is 0 Å². The lowest BCUT2D eigenvalue weighted by Gasteiger charge is -2.37. The summed E-state index contributed by atoms with van der Waals surface area (Å²) in [5.41, 5.74) is 2.26. The molecule has 0 spiro atoms. The van der Waals surface area contributed by atoms with Crippen LogP contribution in [0.15, 0.2) is 23.6 Å². The van der Waals surface area contributed by atoms with Gasteiger partial charge in [0.1, 0.15) is 0 Å². The summed E-state index contributed by atoms with van der Waals surface area (Å²) < 4.78 is 1.24. The number of piperazine rings is 1. The van der Waals surface area contributed by atoms with E-state index in [9.17, 15) is 4.79 Å². The maximum absolute atomic E-state index is 12.9. The van der Waals surface area contributed by atoms with Crippen LogP contribution in [0.2, 0.25) is 0 Å². The molecule has 2 aromatic rings. The molecule has 4 rings (SSSR count). The molecular formula is C22H31N3OS. The Balaban J connectivity index is 1.45. The molecule has 1 amide bonds. The van der Waals surface area contributed by atoms with Gasteiger partial charge in [0.25, 0.3) is 5.91 Å². The standard InChI is InChI=1S/C22H31N3OS/c1-17(2)24-10-12-25(13-11-24)22(26)18-6-7-20-19(16-27-21(20)14-18)15-23-8-4-3-5-9-23/h6-7,14,16-17H,3-5,8-13,15H2,1-2H3. The fourth-order valence-electron chi connectivity index (χ4n) is 4.32. The SMILES string of the molecule is CC(C)N1CCN(C(=O)c2ccc3c(CN4CCCCC4)csc3c2)CC1. The van der Waals surface area contributed by atoms with Crippen molar-refractivity contribution in [2.75, 3.05) is 39.3 Å². The molecule has 3 heterocycles. The van der Waals surface area contributed by atoms with E-state index in [1.807, 2.05) is 11.0 Å². The maximum atomic E-state index is 12.9. The van der Waals surface area contributed by atoms with Crippen LogP contribution in [0, 0.1) is 0 Å². The van der Waals surface area contributed by atoms with Gasteiger partial charge in [0, 0.05) is 49.0 Å². The van der Waals surface area contributed by atoms with Crippen LogP contribution in [0.1, 0.15) is 49.0 Å². The highest BCUT2D eigenvalue weighted by atomic mass is 32.1. The Morgan fingerprint density at radius 2 is 1.78 bits per heavy atom. The molecule has 2 fully saturated rings. The van der Waals surface area contributed by atoms with Crippen LogP contribution in [0.3, 0.4) is 0 Å². The largest absolute Gasteiger partial charge is 0.336 e. The first kappa shape index (κ1) is 18.9. The highest BCUT2D eigenvalue weighted by Gasteiger charge is 2.23. The number of hydrogen-bond acceptors (Lipinski definition) is 4. The first-order valence-electron chi connectivity index (χ1n) is 10.4. The Morgan fingerprint density at radius 3 is 2.48 bits per heavy atom. The molecule has 2 aliphatic rings. The lowest BCUT2D eigenvalue weighted by Crippen LogP contribution is -2.50. The molecule has 0 unspecified atom stereocenters. The molecule has 0 bridgehead atoms. The minimum absolute atomic E-state index is 0.186. The van der Waals surface area contributed by atoms with E-state index in [0.29, 0.717) is 6.04 Å². The quantitative estimate of drug-likeness (QED) is 0.794. The smallest absolute Gasteiger partial charge is 0.253 e. The third kappa shape index (κ3) is 4.20. The van der Waals surface area contributed by atoms with E-state index in [1.54, 1.807) is 11.3 Å². The molecule has 0 radical (unpaired) electrons. The summed E-state index contributed by atoms with van der Waals surface area (Å²) in [6, 6.07) is 6.87. The van der Waals surface area contributed by atoms with Gasteiger partial charge in [-0.15, -0.1) is 11.3 Å². The Morgan fingerprint density at radius 1 is 1.04 bits per heavy atom. The molecule has 4 nitrogen and oxygen atoms in total. The minimum atomic E-state index is 0.186. The zero-order valence-corrected chi connectivity index (χ0v) is 17.4. The lowest BCUT2D eigenvalue weighted by molar-refractivity contribution is 0.0595. The van der Waals surface area contributed by atoms with Crippen molar-refractivity contribution in [2.45, 2.75) is 45.7 Å². The van der Waals surface area contributed by atoms with Gasteiger partial charge < -0.3 is 4.90 Å². The summed E-state index contributed by atoms with van der Waals surface area (Å²) in [5.74, 6) is 0.186. The molecule has 0 N–H and O–H groups in total. The number of likely N-dealkylation sites (tertiary alicyclic amines) is 1. The molecule has 0 saturated carbocycles.